The van der Waals surface area contributed by atoms with Gasteiger partial charge in [-0.05, 0) is 37.5 Å². The number of ether oxygens (including phenoxy) is 2. The molecule has 5 nitrogen and oxygen atoms in total. The molecule has 1 aliphatic carbocycles. The highest BCUT2D eigenvalue weighted by Crippen LogP contribution is 2.34. The number of piperidine rings is 1. The first-order valence-corrected chi connectivity index (χ1v) is 9.92. The molecule has 5 heteroatoms. The van der Waals surface area contributed by atoms with Gasteiger partial charge >= 0.3 is 0 Å². The SMILES string of the molecule is O=C(C1CC1)N1CCC(Oc2cccc3c2ccn3C2CCOC2)CC1. The van der Waals surface area contributed by atoms with E-state index in [0.717, 1.165) is 64.2 Å². The van der Waals surface area contributed by atoms with Crippen molar-refractivity contribution in [1.29, 1.82) is 0 Å². The summed E-state index contributed by atoms with van der Waals surface area (Å²) in [7, 11) is 0. The number of aromatic nitrogens is 1. The van der Waals surface area contributed by atoms with E-state index < -0.39 is 0 Å². The number of rotatable bonds is 4. The van der Waals surface area contributed by atoms with Gasteiger partial charge < -0.3 is 18.9 Å². The summed E-state index contributed by atoms with van der Waals surface area (Å²) < 4.78 is 14.2. The predicted octanol–water partition coefficient (Wildman–Crippen LogP) is 3.38. The summed E-state index contributed by atoms with van der Waals surface area (Å²) in [4.78, 5) is 14.2. The average molecular weight is 354 g/mol. The molecule has 3 aliphatic rings. The smallest absolute Gasteiger partial charge is 0.225 e. The normalized spacial score (nSPS) is 24.3. The lowest BCUT2D eigenvalue weighted by Crippen LogP contribution is -2.42. The lowest BCUT2D eigenvalue weighted by atomic mass is 10.1. The number of benzene rings is 1. The summed E-state index contributed by atoms with van der Waals surface area (Å²) >= 11 is 0. The van der Waals surface area contributed by atoms with E-state index >= 15 is 0 Å². The van der Waals surface area contributed by atoms with E-state index in [1.165, 1.54) is 10.9 Å². The highest BCUT2D eigenvalue weighted by Gasteiger charge is 2.35. The average Bonchev–Trinajstić information content (AvgIpc) is 3.20. The van der Waals surface area contributed by atoms with Gasteiger partial charge in [0.05, 0.1) is 18.2 Å². The molecule has 0 radical (unpaired) electrons. The standard InChI is InChI=1S/C21H26N2O3/c24-21(15-4-5-15)22-10-6-17(7-11-22)26-20-3-1-2-19-18(20)8-12-23(19)16-9-13-25-14-16/h1-3,8,12,15-17H,4-7,9-11,13-14H2. The van der Waals surface area contributed by atoms with Crippen molar-refractivity contribution in [2.45, 2.75) is 44.2 Å². The van der Waals surface area contributed by atoms with Crippen molar-refractivity contribution in [3.8, 4) is 5.75 Å². The maximum absolute atomic E-state index is 12.2. The van der Waals surface area contributed by atoms with Crippen molar-refractivity contribution in [1.82, 2.24) is 9.47 Å². The largest absolute Gasteiger partial charge is 0.490 e. The Bertz CT molecular complexity index is 797. The summed E-state index contributed by atoms with van der Waals surface area (Å²) in [5.41, 5.74) is 1.22. The van der Waals surface area contributed by atoms with Crippen molar-refractivity contribution in [3.05, 3.63) is 30.5 Å². The van der Waals surface area contributed by atoms with Crippen molar-refractivity contribution in [2.24, 2.45) is 5.92 Å². The number of fused-ring (bicyclic) bond motifs is 1. The van der Waals surface area contributed by atoms with Gasteiger partial charge in [0.2, 0.25) is 5.91 Å². The molecule has 0 spiro atoms. The molecule has 1 saturated carbocycles. The molecule has 1 aromatic carbocycles. The van der Waals surface area contributed by atoms with Crippen molar-refractivity contribution >= 4 is 16.8 Å². The third-order valence-electron chi connectivity index (χ3n) is 6.00. The van der Waals surface area contributed by atoms with E-state index in [1.807, 2.05) is 4.90 Å². The quantitative estimate of drug-likeness (QED) is 0.845. The molecule has 3 fully saturated rings. The van der Waals surface area contributed by atoms with Gasteiger partial charge in [0.15, 0.2) is 0 Å². The maximum atomic E-state index is 12.2. The molecular formula is C21H26N2O3. The molecule has 138 valence electrons. The van der Waals surface area contributed by atoms with Crippen LogP contribution in [0.15, 0.2) is 30.5 Å². The molecule has 26 heavy (non-hydrogen) atoms. The number of likely N-dealkylation sites (tertiary alicyclic amines) is 1. The molecule has 3 heterocycles. The molecule has 5 rings (SSSR count). The van der Waals surface area contributed by atoms with Crippen LogP contribution >= 0.6 is 0 Å². The zero-order valence-electron chi connectivity index (χ0n) is 15.1. The highest BCUT2D eigenvalue weighted by atomic mass is 16.5. The Morgan fingerprint density at radius 1 is 1.08 bits per heavy atom. The van der Waals surface area contributed by atoms with Crippen LogP contribution in [0, 0.1) is 5.92 Å². The molecule has 1 amide bonds. The topological polar surface area (TPSA) is 43.7 Å². The first-order chi connectivity index (χ1) is 12.8. The van der Waals surface area contributed by atoms with E-state index in [-0.39, 0.29) is 6.10 Å². The summed E-state index contributed by atoms with van der Waals surface area (Å²) in [6.45, 7) is 3.30. The minimum atomic E-state index is 0.196. The molecule has 0 N–H and O–H groups in total. The Morgan fingerprint density at radius 2 is 1.92 bits per heavy atom. The van der Waals surface area contributed by atoms with Gasteiger partial charge in [-0.2, -0.15) is 0 Å². The Morgan fingerprint density at radius 3 is 2.65 bits per heavy atom. The maximum Gasteiger partial charge on any atom is 0.225 e. The zero-order valence-corrected chi connectivity index (χ0v) is 15.1. The van der Waals surface area contributed by atoms with Gasteiger partial charge in [0.25, 0.3) is 0 Å². The zero-order chi connectivity index (χ0) is 17.5. The number of hydrogen-bond acceptors (Lipinski definition) is 3. The van der Waals surface area contributed by atoms with Crippen LogP contribution in [0.3, 0.4) is 0 Å². The minimum Gasteiger partial charge on any atom is -0.490 e. The molecule has 1 unspecified atom stereocenters. The molecule has 2 aliphatic heterocycles. The predicted molar refractivity (Wildman–Crippen MR) is 99.4 cm³/mol. The van der Waals surface area contributed by atoms with Gasteiger partial charge in [0, 0.05) is 50.0 Å². The number of amides is 1. The second-order valence-corrected chi connectivity index (χ2v) is 7.85. The second kappa shape index (κ2) is 6.62. The van der Waals surface area contributed by atoms with Gasteiger partial charge in [0.1, 0.15) is 11.9 Å². The van der Waals surface area contributed by atoms with Gasteiger partial charge in [-0.15, -0.1) is 0 Å². The third kappa shape index (κ3) is 2.98. The lowest BCUT2D eigenvalue weighted by molar-refractivity contribution is -0.134. The Labute approximate surface area is 153 Å². The van der Waals surface area contributed by atoms with Crippen LogP contribution in [0.25, 0.3) is 10.9 Å². The fourth-order valence-electron chi connectivity index (χ4n) is 4.28. The summed E-state index contributed by atoms with van der Waals surface area (Å²) in [6.07, 6.45) is 7.44. The molecule has 2 saturated heterocycles. The summed E-state index contributed by atoms with van der Waals surface area (Å²) in [5, 5.41) is 1.18. The van der Waals surface area contributed by atoms with Crippen LogP contribution in [0.5, 0.6) is 5.75 Å². The van der Waals surface area contributed by atoms with E-state index in [0.29, 0.717) is 17.9 Å². The molecule has 1 aromatic heterocycles. The van der Waals surface area contributed by atoms with E-state index in [9.17, 15) is 4.79 Å². The van der Waals surface area contributed by atoms with Crippen molar-refractivity contribution in [2.75, 3.05) is 26.3 Å². The first kappa shape index (κ1) is 16.2. The minimum absolute atomic E-state index is 0.196. The Hall–Kier alpha value is -2.01. The van der Waals surface area contributed by atoms with Crippen LogP contribution < -0.4 is 4.74 Å². The van der Waals surface area contributed by atoms with Crippen LogP contribution in [-0.4, -0.2) is 47.8 Å². The van der Waals surface area contributed by atoms with Gasteiger partial charge in [-0.3, -0.25) is 4.79 Å². The van der Waals surface area contributed by atoms with Gasteiger partial charge in [-0.25, -0.2) is 0 Å². The molecule has 2 aromatic rings. The third-order valence-corrected chi connectivity index (χ3v) is 6.00. The summed E-state index contributed by atoms with van der Waals surface area (Å²) in [6, 6.07) is 8.90. The number of nitrogens with zero attached hydrogens (tertiary/aromatic N) is 2. The van der Waals surface area contributed by atoms with E-state index in [1.54, 1.807) is 0 Å². The monoisotopic (exact) mass is 354 g/mol. The van der Waals surface area contributed by atoms with Crippen LogP contribution in [0.2, 0.25) is 0 Å². The summed E-state index contributed by atoms with van der Waals surface area (Å²) in [5.74, 6) is 1.65. The highest BCUT2D eigenvalue weighted by molar-refractivity contribution is 5.86. The molecule has 0 bridgehead atoms. The van der Waals surface area contributed by atoms with E-state index in [2.05, 4.69) is 35.0 Å². The number of carbonyl (C=O) groups excluding carboxylic acids is 1. The van der Waals surface area contributed by atoms with Crippen LogP contribution in [0.1, 0.15) is 38.1 Å². The van der Waals surface area contributed by atoms with E-state index in [4.69, 9.17) is 9.47 Å². The second-order valence-electron chi connectivity index (χ2n) is 7.85. The molecular weight excluding hydrogens is 328 g/mol. The fourth-order valence-corrected chi connectivity index (χ4v) is 4.28. The first-order valence-electron chi connectivity index (χ1n) is 9.92. The molecule has 1 atom stereocenters. The van der Waals surface area contributed by atoms with Crippen molar-refractivity contribution < 1.29 is 14.3 Å². The number of carbonyl (C=O) groups is 1. The number of hydrogen-bond donors (Lipinski definition) is 0. The Balaban J connectivity index is 1.28. The van der Waals surface area contributed by atoms with Crippen LogP contribution in [-0.2, 0) is 9.53 Å². The van der Waals surface area contributed by atoms with Gasteiger partial charge in [-0.1, -0.05) is 6.07 Å². The fraction of sp³-hybridized carbons (Fsp3) is 0.571. The van der Waals surface area contributed by atoms with Crippen LogP contribution in [0.4, 0.5) is 0 Å². The lowest BCUT2D eigenvalue weighted by Gasteiger charge is -2.32. The van der Waals surface area contributed by atoms with Crippen molar-refractivity contribution in [3.63, 3.8) is 0 Å². The Kier molecular flexibility index (Phi) is 4.12.